The standard InChI is InChI=1S/C11H18N2O3S/c1-8(6-12)10-7-13-11(16-10)9-2-4-17(14,15)5-3-9/h7-9H,2-6,12H2,1H3. The van der Waals surface area contributed by atoms with E-state index in [1.54, 1.807) is 6.20 Å². The van der Waals surface area contributed by atoms with Crippen molar-refractivity contribution in [1.82, 2.24) is 4.98 Å². The fourth-order valence-corrected chi connectivity index (χ4v) is 3.46. The lowest BCUT2D eigenvalue weighted by Gasteiger charge is -2.18. The third kappa shape index (κ3) is 2.87. The van der Waals surface area contributed by atoms with Crippen LogP contribution in [0, 0.1) is 0 Å². The van der Waals surface area contributed by atoms with Gasteiger partial charge >= 0.3 is 0 Å². The second kappa shape index (κ2) is 4.78. The summed E-state index contributed by atoms with van der Waals surface area (Å²) < 4.78 is 28.3. The SMILES string of the molecule is CC(CN)c1cnc(C2CCS(=O)(=O)CC2)o1. The Kier molecular flexibility index (Phi) is 3.53. The highest BCUT2D eigenvalue weighted by Gasteiger charge is 2.28. The number of rotatable bonds is 3. The van der Waals surface area contributed by atoms with E-state index in [1.807, 2.05) is 6.92 Å². The number of nitrogens with zero attached hydrogens (tertiary/aromatic N) is 1. The molecule has 0 radical (unpaired) electrons. The Morgan fingerprint density at radius 2 is 2.18 bits per heavy atom. The summed E-state index contributed by atoms with van der Waals surface area (Å²) in [5.41, 5.74) is 5.56. The number of hydrogen-bond donors (Lipinski definition) is 1. The van der Waals surface area contributed by atoms with Gasteiger partial charge in [-0.2, -0.15) is 0 Å². The van der Waals surface area contributed by atoms with Crippen molar-refractivity contribution in [2.24, 2.45) is 5.73 Å². The summed E-state index contributed by atoms with van der Waals surface area (Å²) in [7, 11) is -2.83. The van der Waals surface area contributed by atoms with Gasteiger partial charge in [-0.05, 0) is 12.8 Å². The van der Waals surface area contributed by atoms with Gasteiger partial charge in [0.25, 0.3) is 0 Å². The van der Waals surface area contributed by atoms with Gasteiger partial charge in [-0.25, -0.2) is 13.4 Å². The third-order valence-corrected chi connectivity index (χ3v) is 5.00. The van der Waals surface area contributed by atoms with E-state index in [0.29, 0.717) is 25.3 Å². The number of aromatic nitrogens is 1. The normalized spacial score (nSPS) is 22.5. The fraction of sp³-hybridized carbons (Fsp3) is 0.727. The Balaban J connectivity index is 2.06. The molecule has 0 spiro atoms. The second-order valence-corrected chi connectivity index (χ2v) is 6.97. The van der Waals surface area contributed by atoms with E-state index in [-0.39, 0.29) is 23.3 Å². The van der Waals surface area contributed by atoms with Crippen LogP contribution in [0.15, 0.2) is 10.6 Å². The molecule has 1 aromatic rings. The molecule has 96 valence electrons. The molecule has 2 rings (SSSR count). The van der Waals surface area contributed by atoms with Crippen molar-refractivity contribution in [3.05, 3.63) is 17.8 Å². The van der Waals surface area contributed by atoms with Gasteiger partial charge in [-0.15, -0.1) is 0 Å². The van der Waals surface area contributed by atoms with E-state index in [2.05, 4.69) is 4.98 Å². The highest BCUT2D eigenvalue weighted by molar-refractivity contribution is 7.91. The molecule has 6 heteroatoms. The number of nitrogens with two attached hydrogens (primary N) is 1. The maximum Gasteiger partial charge on any atom is 0.197 e. The lowest BCUT2D eigenvalue weighted by atomic mass is 10.0. The van der Waals surface area contributed by atoms with Crippen molar-refractivity contribution < 1.29 is 12.8 Å². The van der Waals surface area contributed by atoms with Crippen LogP contribution >= 0.6 is 0 Å². The zero-order chi connectivity index (χ0) is 12.5. The summed E-state index contributed by atoms with van der Waals surface area (Å²) in [4.78, 5) is 4.24. The maximum atomic E-state index is 11.3. The fourth-order valence-electron chi connectivity index (χ4n) is 1.97. The summed E-state index contributed by atoms with van der Waals surface area (Å²) >= 11 is 0. The molecular weight excluding hydrogens is 240 g/mol. The van der Waals surface area contributed by atoms with Crippen molar-refractivity contribution in [3.63, 3.8) is 0 Å². The molecule has 0 aliphatic carbocycles. The number of sulfone groups is 1. The van der Waals surface area contributed by atoms with E-state index in [9.17, 15) is 8.42 Å². The zero-order valence-corrected chi connectivity index (χ0v) is 10.7. The molecule has 1 aliphatic heterocycles. The molecule has 1 atom stereocenters. The van der Waals surface area contributed by atoms with Crippen LogP contribution in [-0.4, -0.2) is 31.5 Å². The molecule has 1 unspecified atom stereocenters. The minimum absolute atomic E-state index is 0.136. The lowest BCUT2D eigenvalue weighted by molar-refractivity contribution is 0.388. The number of hydrogen-bond acceptors (Lipinski definition) is 5. The van der Waals surface area contributed by atoms with Crippen LogP contribution in [0.1, 0.15) is 43.3 Å². The van der Waals surface area contributed by atoms with E-state index >= 15 is 0 Å². The van der Waals surface area contributed by atoms with Gasteiger partial charge in [0.05, 0.1) is 17.7 Å². The van der Waals surface area contributed by atoms with Gasteiger partial charge in [0.1, 0.15) is 15.6 Å². The molecule has 0 bridgehead atoms. The second-order valence-electron chi connectivity index (χ2n) is 4.66. The van der Waals surface area contributed by atoms with Crippen molar-refractivity contribution in [2.75, 3.05) is 18.1 Å². The molecule has 2 N–H and O–H groups in total. The van der Waals surface area contributed by atoms with Crippen LogP contribution in [0.25, 0.3) is 0 Å². The van der Waals surface area contributed by atoms with E-state index in [4.69, 9.17) is 10.2 Å². The molecule has 1 saturated heterocycles. The first-order valence-corrected chi connectivity index (χ1v) is 7.70. The summed E-state index contributed by atoms with van der Waals surface area (Å²) in [6.07, 6.45) is 2.93. The molecule has 0 amide bonds. The third-order valence-electron chi connectivity index (χ3n) is 3.28. The monoisotopic (exact) mass is 258 g/mol. The summed E-state index contributed by atoms with van der Waals surface area (Å²) in [5.74, 6) is 2.22. The molecule has 1 aliphatic rings. The zero-order valence-electron chi connectivity index (χ0n) is 9.93. The Labute approximate surface area is 101 Å². The maximum absolute atomic E-state index is 11.3. The molecule has 1 aromatic heterocycles. The van der Waals surface area contributed by atoms with Crippen molar-refractivity contribution in [3.8, 4) is 0 Å². The van der Waals surface area contributed by atoms with Crippen LogP contribution in [0.4, 0.5) is 0 Å². The predicted octanol–water partition coefficient (Wildman–Crippen LogP) is 1.03. The first-order chi connectivity index (χ1) is 8.02. The smallest absolute Gasteiger partial charge is 0.197 e. The van der Waals surface area contributed by atoms with Crippen LogP contribution < -0.4 is 5.73 Å². The average Bonchev–Trinajstić information content (AvgIpc) is 2.77. The Bertz CT molecular complexity index is 467. The average molecular weight is 258 g/mol. The van der Waals surface area contributed by atoms with E-state index in [0.717, 1.165) is 5.76 Å². The molecule has 2 heterocycles. The quantitative estimate of drug-likeness (QED) is 0.875. The highest BCUT2D eigenvalue weighted by Crippen LogP contribution is 2.29. The Hall–Kier alpha value is -0.880. The lowest BCUT2D eigenvalue weighted by Crippen LogP contribution is -2.22. The summed E-state index contributed by atoms with van der Waals surface area (Å²) in [6, 6.07) is 0. The van der Waals surface area contributed by atoms with Gasteiger partial charge in [0.15, 0.2) is 5.89 Å². The number of oxazole rings is 1. The van der Waals surface area contributed by atoms with Crippen molar-refractivity contribution >= 4 is 9.84 Å². The minimum Gasteiger partial charge on any atom is -0.445 e. The minimum atomic E-state index is -2.83. The molecule has 1 fully saturated rings. The first kappa shape index (κ1) is 12.6. The largest absolute Gasteiger partial charge is 0.445 e. The Morgan fingerprint density at radius 1 is 1.53 bits per heavy atom. The summed E-state index contributed by atoms with van der Waals surface area (Å²) in [6.45, 7) is 2.50. The van der Waals surface area contributed by atoms with Crippen LogP contribution in [0.2, 0.25) is 0 Å². The first-order valence-electron chi connectivity index (χ1n) is 5.88. The predicted molar refractivity (Wildman–Crippen MR) is 64.6 cm³/mol. The van der Waals surface area contributed by atoms with Gasteiger partial charge < -0.3 is 10.2 Å². The van der Waals surface area contributed by atoms with Gasteiger partial charge in [-0.3, -0.25) is 0 Å². The Morgan fingerprint density at radius 3 is 2.76 bits per heavy atom. The molecule has 17 heavy (non-hydrogen) atoms. The van der Waals surface area contributed by atoms with Gasteiger partial charge in [0.2, 0.25) is 0 Å². The van der Waals surface area contributed by atoms with Crippen LogP contribution in [0.3, 0.4) is 0 Å². The van der Waals surface area contributed by atoms with Crippen LogP contribution in [0.5, 0.6) is 0 Å². The van der Waals surface area contributed by atoms with Crippen LogP contribution in [-0.2, 0) is 9.84 Å². The molecule has 0 saturated carbocycles. The van der Waals surface area contributed by atoms with Gasteiger partial charge in [-0.1, -0.05) is 6.92 Å². The van der Waals surface area contributed by atoms with E-state index in [1.165, 1.54) is 0 Å². The molecular formula is C11H18N2O3S. The molecule has 5 nitrogen and oxygen atoms in total. The topological polar surface area (TPSA) is 86.2 Å². The summed E-state index contributed by atoms with van der Waals surface area (Å²) in [5, 5.41) is 0. The van der Waals surface area contributed by atoms with Gasteiger partial charge in [0, 0.05) is 18.4 Å². The van der Waals surface area contributed by atoms with Crippen molar-refractivity contribution in [2.45, 2.75) is 31.6 Å². The highest BCUT2D eigenvalue weighted by atomic mass is 32.2. The van der Waals surface area contributed by atoms with E-state index < -0.39 is 9.84 Å². The molecule has 0 aromatic carbocycles. The van der Waals surface area contributed by atoms with Crippen molar-refractivity contribution in [1.29, 1.82) is 0 Å².